The minimum atomic E-state index is -0.503. The smallest absolute Gasteiger partial charge is 0.339 e. The molecular formula is C18H21N3O3. The molecule has 0 aliphatic carbocycles. The number of rotatable bonds is 6. The first-order chi connectivity index (χ1) is 11.5. The molecule has 2 rings (SSSR count). The molecule has 0 saturated heterocycles. The van der Waals surface area contributed by atoms with Crippen LogP contribution < -0.4 is 10.6 Å². The number of para-hydroxylation sites is 1. The van der Waals surface area contributed by atoms with Crippen LogP contribution in [-0.4, -0.2) is 30.5 Å². The van der Waals surface area contributed by atoms with Crippen molar-refractivity contribution in [2.75, 3.05) is 24.3 Å². The van der Waals surface area contributed by atoms with Crippen LogP contribution in [0.15, 0.2) is 42.7 Å². The second kappa shape index (κ2) is 8.10. The first-order valence-electron chi connectivity index (χ1n) is 7.69. The van der Waals surface area contributed by atoms with Gasteiger partial charge in [0.25, 0.3) is 5.91 Å². The SMILES string of the molecule is COC(=O)c1ccccc1NC(=O)c1cncc(NCC(C)C)c1. The molecule has 6 heteroatoms. The highest BCUT2D eigenvalue weighted by molar-refractivity contribution is 6.08. The van der Waals surface area contributed by atoms with Gasteiger partial charge >= 0.3 is 5.97 Å². The van der Waals surface area contributed by atoms with Crippen LogP contribution in [0.1, 0.15) is 34.6 Å². The molecule has 0 spiro atoms. The monoisotopic (exact) mass is 327 g/mol. The third-order valence-electron chi connectivity index (χ3n) is 3.30. The molecule has 0 atom stereocenters. The van der Waals surface area contributed by atoms with Gasteiger partial charge in [-0.05, 0) is 24.1 Å². The average molecular weight is 327 g/mol. The summed E-state index contributed by atoms with van der Waals surface area (Å²) >= 11 is 0. The Morgan fingerprint density at radius 1 is 1.21 bits per heavy atom. The van der Waals surface area contributed by atoms with E-state index >= 15 is 0 Å². The number of nitrogens with one attached hydrogen (secondary N) is 2. The van der Waals surface area contributed by atoms with Gasteiger partial charge in [0.15, 0.2) is 0 Å². The van der Waals surface area contributed by atoms with E-state index in [0.29, 0.717) is 22.7 Å². The van der Waals surface area contributed by atoms with E-state index in [1.165, 1.54) is 13.3 Å². The van der Waals surface area contributed by atoms with E-state index in [1.807, 2.05) is 0 Å². The molecule has 1 aromatic carbocycles. The van der Waals surface area contributed by atoms with Gasteiger partial charge in [-0.2, -0.15) is 0 Å². The van der Waals surface area contributed by atoms with Gasteiger partial charge in [0.05, 0.1) is 29.6 Å². The van der Waals surface area contributed by atoms with Gasteiger partial charge in [-0.1, -0.05) is 26.0 Å². The highest BCUT2D eigenvalue weighted by Gasteiger charge is 2.14. The Bertz CT molecular complexity index is 729. The van der Waals surface area contributed by atoms with Crippen molar-refractivity contribution in [3.63, 3.8) is 0 Å². The maximum Gasteiger partial charge on any atom is 0.339 e. The number of nitrogens with zero attached hydrogens (tertiary/aromatic N) is 1. The fourth-order valence-electron chi connectivity index (χ4n) is 2.06. The van der Waals surface area contributed by atoms with Crippen LogP contribution in [0.25, 0.3) is 0 Å². The second-order valence-corrected chi connectivity index (χ2v) is 5.73. The Morgan fingerprint density at radius 3 is 2.67 bits per heavy atom. The van der Waals surface area contributed by atoms with E-state index in [4.69, 9.17) is 4.74 Å². The molecular weight excluding hydrogens is 306 g/mol. The number of hydrogen-bond donors (Lipinski definition) is 2. The summed E-state index contributed by atoms with van der Waals surface area (Å²) in [5, 5.41) is 5.95. The van der Waals surface area contributed by atoms with Crippen molar-refractivity contribution in [2.24, 2.45) is 5.92 Å². The topological polar surface area (TPSA) is 80.3 Å². The average Bonchev–Trinajstić information content (AvgIpc) is 2.60. The molecule has 0 radical (unpaired) electrons. The summed E-state index contributed by atoms with van der Waals surface area (Å²) in [6, 6.07) is 8.42. The third kappa shape index (κ3) is 4.55. The molecule has 0 unspecified atom stereocenters. The molecule has 1 aromatic heterocycles. The zero-order valence-corrected chi connectivity index (χ0v) is 14.0. The lowest BCUT2D eigenvalue weighted by Crippen LogP contribution is -2.16. The lowest BCUT2D eigenvalue weighted by atomic mass is 10.1. The van der Waals surface area contributed by atoms with Gasteiger partial charge in [0.2, 0.25) is 0 Å². The number of methoxy groups -OCH3 is 1. The quantitative estimate of drug-likeness (QED) is 0.797. The zero-order valence-electron chi connectivity index (χ0n) is 14.0. The number of pyridine rings is 1. The van der Waals surface area contributed by atoms with Crippen molar-refractivity contribution < 1.29 is 14.3 Å². The number of amides is 1. The van der Waals surface area contributed by atoms with Crippen molar-refractivity contribution in [3.05, 3.63) is 53.9 Å². The summed E-state index contributed by atoms with van der Waals surface area (Å²) in [6.07, 6.45) is 3.15. The molecule has 0 fully saturated rings. The highest BCUT2D eigenvalue weighted by atomic mass is 16.5. The third-order valence-corrected chi connectivity index (χ3v) is 3.30. The Labute approximate surface area is 141 Å². The standard InChI is InChI=1S/C18H21N3O3/c1-12(2)9-20-14-8-13(10-19-11-14)17(22)21-16-7-5-4-6-15(16)18(23)24-3/h4-8,10-12,20H,9H2,1-3H3,(H,21,22). The largest absolute Gasteiger partial charge is 0.465 e. The summed E-state index contributed by atoms with van der Waals surface area (Å²) < 4.78 is 4.73. The predicted molar refractivity (Wildman–Crippen MR) is 93.3 cm³/mol. The number of carbonyl (C=O) groups excluding carboxylic acids is 2. The fourth-order valence-corrected chi connectivity index (χ4v) is 2.06. The normalized spacial score (nSPS) is 10.3. The van der Waals surface area contributed by atoms with Crippen LogP contribution in [-0.2, 0) is 4.74 Å². The molecule has 6 nitrogen and oxygen atoms in total. The molecule has 1 amide bonds. The lowest BCUT2D eigenvalue weighted by molar-refractivity contribution is 0.0602. The van der Waals surface area contributed by atoms with E-state index in [-0.39, 0.29) is 5.91 Å². The molecule has 126 valence electrons. The van der Waals surface area contributed by atoms with Crippen LogP contribution in [0.5, 0.6) is 0 Å². The van der Waals surface area contributed by atoms with Crippen LogP contribution >= 0.6 is 0 Å². The van der Waals surface area contributed by atoms with E-state index in [1.54, 1.807) is 36.5 Å². The van der Waals surface area contributed by atoms with Gasteiger partial charge in [0.1, 0.15) is 0 Å². The number of ether oxygens (including phenoxy) is 1. The number of hydrogen-bond acceptors (Lipinski definition) is 5. The molecule has 2 N–H and O–H groups in total. The van der Waals surface area contributed by atoms with Crippen molar-refractivity contribution in [1.29, 1.82) is 0 Å². The Hall–Kier alpha value is -2.89. The van der Waals surface area contributed by atoms with Gasteiger partial charge < -0.3 is 15.4 Å². The van der Waals surface area contributed by atoms with E-state index in [9.17, 15) is 9.59 Å². The van der Waals surface area contributed by atoms with Gasteiger partial charge in [-0.3, -0.25) is 9.78 Å². The summed E-state index contributed by atoms with van der Waals surface area (Å²) in [5.41, 5.74) is 1.88. The molecule has 0 bridgehead atoms. The van der Waals surface area contributed by atoms with Crippen molar-refractivity contribution in [2.45, 2.75) is 13.8 Å². The van der Waals surface area contributed by atoms with E-state index in [2.05, 4.69) is 29.5 Å². The second-order valence-electron chi connectivity index (χ2n) is 5.73. The number of aromatic nitrogens is 1. The molecule has 0 aliphatic rings. The van der Waals surface area contributed by atoms with E-state index < -0.39 is 5.97 Å². The fraction of sp³-hybridized carbons (Fsp3) is 0.278. The van der Waals surface area contributed by atoms with Crippen molar-refractivity contribution >= 4 is 23.3 Å². The minimum Gasteiger partial charge on any atom is -0.465 e. The Balaban J connectivity index is 2.16. The van der Waals surface area contributed by atoms with Gasteiger partial charge in [-0.25, -0.2) is 4.79 Å². The summed E-state index contributed by atoms with van der Waals surface area (Å²) in [4.78, 5) is 28.3. The number of esters is 1. The Morgan fingerprint density at radius 2 is 1.96 bits per heavy atom. The molecule has 24 heavy (non-hydrogen) atoms. The van der Waals surface area contributed by atoms with Gasteiger partial charge in [-0.15, -0.1) is 0 Å². The number of benzene rings is 1. The van der Waals surface area contributed by atoms with Crippen molar-refractivity contribution in [3.8, 4) is 0 Å². The molecule has 2 aromatic rings. The molecule has 1 heterocycles. The maximum atomic E-state index is 12.4. The van der Waals surface area contributed by atoms with Crippen LogP contribution in [0, 0.1) is 5.92 Å². The summed E-state index contributed by atoms with van der Waals surface area (Å²) in [7, 11) is 1.30. The summed E-state index contributed by atoms with van der Waals surface area (Å²) in [5.74, 6) is -0.363. The first kappa shape index (κ1) is 17.5. The maximum absolute atomic E-state index is 12.4. The van der Waals surface area contributed by atoms with Gasteiger partial charge in [0, 0.05) is 18.9 Å². The number of anilines is 2. The van der Waals surface area contributed by atoms with Crippen LogP contribution in [0.2, 0.25) is 0 Å². The summed E-state index contributed by atoms with van der Waals surface area (Å²) in [6.45, 7) is 4.99. The number of carbonyl (C=O) groups is 2. The predicted octanol–water partition coefficient (Wildman–Crippen LogP) is 3.19. The lowest BCUT2D eigenvalue weighted by Gasteiger charge is -2.11. The first-order valence-corrected chi connectivity index (χ1v) is 7.69. The molecule has 0 saturated carbocycles. The Kier molecular flexibility index (Phi) is 5.89. The van der Waals surface area contributed by atoms with Crippen molar-refractivity contribution in [1.82, 2.24) is 4.98 Å². The van der Waals surface area contributed by atoms with E-state index in [0.717, 1.165) is 12.2 Å². The molecule has 0 aliphatic heterocycles. The highest BCUT2D eigenvalue weighted by Crippen LogP contribution is 2.18. The van der Waals surface area contributed by atoms with Crippen LogP contribution in [0.4, 0.5) is 11.4 Å². The minimum absolute atomic E-state index is 0.301. The zero-order chi connectivity index (χ0) is 17.5. The van der Waals surface area contributed by atoms with Crippen LogP contribution in [0.3, 0.4) is 0 Å².